The Morgan fingerprint density at radius 3 is 2.61 bits per heavy atom. The summed E-state index contributed by atoms with van der Waals surface area (Å²) in [5, 5.41) is 5.65. The average molecular weight is 456 g/mol. The van der Waals surface area contributed by atoms with Crippen molar-refractivity contribution >= 4 is 29.4 Å². The summed E-state index contributed by atoms with van der Waals surface area (Å²) in [4.78, 5) is 52.8. The lowest BCUT2D eigenvalue weighted by atomic mass is 9.73. The fraction of sp³-hybridized carbons (Fsp3) is 0.583. The highest BCUT2D eigenvalue weighted by molar-refractivity contribution is 6.10. The van der Waals surface area contributed by atoms with Crippen LogP contribution in [0.2, 0.25) is 0 Å². The van der Waals surface area contributed by atoms with Crippen molar-refractivity contribution in [1.29, 1.82) is 0 Å². The van der Waals surface area contributed by atoms with Crippen LogP contribution in [0.5, 0.6) is 0 Å². The summed E-state index contributed by atoms with van der Waals surface area (Å²) in [6, 6.07) is 6.97. The van der Waals surface area contributed by atoms with E-state index in [0.29, 0.717) is 25.2 Å². The zero-order valence-corrected chi connectivity index (χ0v) is 19.1. The SMILES string of the molecule is C[C@@H]1CCCC[C@]12NC(=O)N(CC(=O)Nc1ccc(CN3CCC[C@@H](C(N)=O)C3)cc1)C2=O. The van der Waals surface area contributed by atoms with Crippen molar-refractivity contribution in [2.24, 2.45) is 17.6 Å². The maximum atomic E-state index is 13.0. The highest BCUT2D eigenvalue weighted by Gasteiger charge is 2.55. The monoisotopic (exact) mass is 455 g/mol. The van der Waals surface area contributed by atoms with E-state index < -0.39 is 17.5 Å². The molecule has 9 nitrogen and oxygen atoms in total. The van der Waals surface area contributed by atoms with Crippen molar-refractivity contribution in [2.75, 3.05) is 25.0 Å². The van der Waals surface area contributed by atoms with E-state index in [2.05, 4.69) is 15.5 Å². The van der Waals surface area contributed by atoms with Crippen LogP contribution in [0.4, 0.5) is 10.5 Å². The van der Waals surface area contributed by atoms with Crippen molar-refractivity contribution in [3.05, 3.63) is 29.8 Å². The second kappa shape index (κ2) is 9.51. The summed E-state index contributed by atoms with van der Waals surface area (Å²) in [5.41, 5.74) is 6.27. The second-order valence-electron chi connectivity index (χ2n) is 9.66. The van der Waals surface area contributed by atoms with Gasteiger partial charge in [-0.25, -0.2) is 4.79 Å². The van der Waals surface area contributed by atoms with Crippen molar-refractivity contribution in [3.63, 3.8) is 0 Å². The number of rotatable bonds is 6. The van der Waals surface area contributed by atoms with Gasteiger partial charge >= 0.3 is 6.03 Å². The number of likely N-dealkylation sites (tertiary alicyclic amines) is 1. The van der Waals surface area contributed by atoms with Gasteiger partial charge < -0.3 is 16.4 Å². The normalized spacial score (nSPS) is 28.1. The predicted molar refractivity (Wildman–Crippen MR) is 123 cm³/mol. The van der Waals surface area contributed by atoms with Gasteiger partial charge in [0.05, 0.1) is 5.92 Å². The molecule has 5 amide bonds. The van der Waals surface area contributed by atoms with Crippen LogP contribution < -0.4 is 16.4 Å². The van der Waals surface area contributed by atoms with E-state index in [-0.39, 0.29) is 30.2 Å². The maximum absolute atomic E-state index is 13.0. The molecule has 1 aromatic rings. The van der Waals surface area contributed by atoms with Crippen molar-refractivity contribution in [2.45, 2.75) is 57.5 Å². The summed E-state index contributed by atoms with van der Waals surface area (Å²) in [6.07, 6.45) is 5.24. The number of amides is 5. The van der Waals surface area contributed by atoms with Crippen LogP contribution in [0.15, 0.2) is 24.3 Å². The third-order valence-electron chi connectivity index (χ3n) is 7.35. The first kappa shape index (κ1) is 23.2. The van der Waals surface area contributed by atoms with Gasteiger partial charge in [0.15, 0.2) is 0 Å². The number of benzene rings is 1. The number of carbonyl (C=O) groups is 4. The van der Waals surface area contributed by atoms with Gasteiger partial charge in [-0.3, -0.25) is 24.2 Å². The second-order valence-corrected chi connectivity index (χ2v) is 9.66. The van der Waals surface area contributed by atoms with Gasteiger partial charge in [-0.2, -0.15) is 0 Å². The van der Waals surface area contributed by atoms with Crippen LogP contribution in [0.25, 0.3) is 0 Å². The fourth-order valence-corrected chi connectivity index (χ4v) is 5.37. The Bertz CT molecular complexity index is 933. The standard InChI is InChI=1S/C24H33N5O4/c1-16-5-2-3-11-24(16)22(32)29(23(33)27-24)15-20(30)26-19-9-7-17(8-10-19)13-28-12-4-6-18(14-28)21(25)31/h7-10,16,18H,2-6,11-15H2,1H3,(H2,25,31)(H,26,30)(H,27,33)/t16-,18-,24+/m1/s1. The number of hydrogen-bond acceptors (Lipinski definition) is 5. The molecule has 0 radical (unpaired) electrons. The maximum Gasteiger partial charge on any atom is 0.325 e. The average Bonchev–Trinajstić information content (AvgIpc) is 3.02. The van der Waals surface area contributed by atoms with E-state index in [9.17, 15) is 19.2 Å². The van der Waals surface area contributed by atoms with Gasteiger partial charge in [0, 0.05) is 18.8 Å². The minimum absolute atomic E-state index is 0.0569. The highest BCUT2D eigenvalue weighted by Crippen LogP contribution is 2.38. The van der Waals surface area contributed by atoms with Gasteiger partial charge in [-0.1, -0.05) is 31.9 Å². The van der Waals surface area contributed by atoms with Crippen LogP contribution in [-0.2, 0) is 20.9 Å². The van der Waals surface area contributed by atoms with Crippen molar-refractivity contribution < 1.29 is 19.2 Å². The van der Waals surface area contributed by atoms with Gasteiger partial charge in [-0.05, 0) is 55.8 Å². The quantitative estimate of drug-likeness (QED) is 0.565. The predicted octanol–water partition coefficient (Wildman–Crippen LogP) is 1.82. The first-order valence-corrected chi connectivity index (χ1v) is 11.8. The molecule has 33 heavy (non-hydrogen) atoms. The largest absolute Gasteiger partial charge is 0.369 e. The molecule has 0 aromatic heterocycles. The van der Waals surface area contributed by atoms with E-state index in [1.807, 2.05) is 19.1 Å². The Balaban J connectivity index is 1.31. The summed E-state index contributed by atoms with van der Waals surface area (Å²) < 4.78 is 0. The highest BCUT2D eigenvalue weighted by atomic mass is 16.2. The molecule has 1 spiro atoms. The van der Waals surface area contributed by atoms with E-state index in [4.69, 9.17) is 5.73 Å². The molecule has 0 bridgehead atoms. The molecule has 1 aromatic carbocycles. The Morgan fingerprint density at radius 1 is 1.15 bits per heavy atom. The molecule has 1 saturated carbocycles. The van der Waals surface area contributed by atoms with Crippen LogP contribution in [-0.4, -0.2) is 58.7 Å². The minimum Gasteiger partial charge on any atom is -0.369 e. The Morgan fingerprint density at radius 2 is 1.91 bits per heavy atom. The molecule has 178 valence electrons. The molecular weight excluding hydrogens is 422 g/mol. The summed E-state index contributed by atoms with van der Waals surface area (Å²) in [6.45, 7) is 3.98. The molecule has 2 aliphatic heterocycles. The Labute approximate surface area is 194 Å². The number of piperidine rings is 1. The summed E-state index contributed by atoms with van der Waals surface area (Å²) in [7, 11) is 0. The van der Waals surface area contributed by atoms with Gasteiger partial charge in [0.1, 0.15) is 12.1 Å². The van der Waals surface area contributed by atoms with Crippen LogP contribution in [0.1, 0.15) is 51.0 Å². The van der Waals surface area contributed by atoms with E-state index >= 15 is 0 Å². The molecule has 4 N–H and O–H groups in total. The lowest BCUT2D eigenvalue weighted by Crippen LogP contribution is -2.54. The minimum atomic E-state index is -0.862. The number of imide groups is 1. The van der Waals surface area contributed by atoms with Crippen LogP contribution >= 0.6 is 0 Å². The number of hydrogen-bond donors (Lipinski definition) is 3. The number of primary amides is 1. The molecule has 3 fully saturated rings. The molecule has 4 rings (SSSR count). The summed E-state index contributed by atoms with van der Waals surface area (Å²) in [5.74, 6) is -0.986. The fourth-order valence-electron chi connectivity index (χ4n) is 5.37. The lowest BCUT2D eigenvalue weighted by Gasteiger charge is -2.36. The van der Waals surface area contributed by atoms with E-state index in [1.165, 1.54) is 0 Å². The van der Waals surface area contributed by atoms with Crippen LogP contribution in [0, 0.1) is 11.8 Å². The van der Waals surface area contributed by atoms with Crippen LogP contribution in [0.3, 0.4) is 0 Å². The van der Waals surface area contributed by atoms with E-state index in [0.717, 1.165) is 49.1 Å². The summed E-state index contributed by atoms with van der Waals surface area (Å²) >= 11 is 0. The molecule has 2 heterocycles. The van der Waals surface area contributed by atoms with E-state index in [1.54, 1.807) is 12.1 Å². The zero-order valence-electron chi connectivity index (χ0n) is 19.1. The number of anilines is 1. The van der Waals surface area contributed by atoms with Crippen molar-refractivity contribution in [3.8, 4) is 0 Å². The number of carbonyl (C=O) groups excluding carboxylic acids is 4. The molecule has 1 aliphatic carbocycles. The third kappa shape index (κ3) is 4.88. The Hall–Kier alpha value is -2.94. The molecule has 9 heteroatoms. The Kier molecular flexibility index (Phi) is 6.69. The number of urea groups is 1. The molecular formula is C24H33N5O4. The third-order valence-corrected chi connectivity index (χ3v) is 7.35. The number of nitrogens with one attached hydrogen (secondary N) is 2. The van der Waals surface area contributed by atoms with Gasteiger partial charge in [0.2, 0.25) is 11.8 Å². The van der Waals surface area contributed by atoms with Gasteiger partial charge in [0.25, 0.3) is 5.91 Å². The topological polar surface area (TPSA) is 125 Å². The zero-order chi connectivity index (χ0) is 23.6. The molecule has 2 saturated heterocycles. The molecule has 3 atom stereocenters. The number of nitrogens with zero attached hydrogens (tertiary/aromatic N) is 2. The number of nitrogens with two attached hydrogens (primary N) is 1. The lowest BCUT2D eigenvalue weighted by molar-refractivity contribution is -0.136. The van der Waals surface area contributed by atoms with Crippen molar-refractivity contribution in [1.82, 2.24) is 15.1 Å². The molecule has 0 unspecified atom stereocenters. The first-order valence-electron chi connectivity index (χ1n) is 11.8. The molecule has 3 aliphatic rings. The first-order chi connectivity index (χ1) is 15.8. The smallest absolute Gasteiger partial charge is 0.325 e. The van der Waals surface area contributed by atoms with Gasteiger partial charge in [-0.15, -0.1) is 0 Å².